The molecule has 0 aromatic heterocycles. The maximum atomic E-state index is 5.20. The van der Waals surface area contributed by atoms with Crippen molar-refractivity contribution in [3.8, 4) is 12.3 Å². The van der Waals surface area contributed by atoms with Gasteiger partial charge < -0.3 is 10.1 Å². The van der Waals surface area contributed by atoms with E-state index in [1.165, 1.54) is 0 Å². The van der Waals surface area contributed by atoms with Gasteiger partial charge in [0, 0.05) is 25.6 Å². The molecule has 0 rings (SSSR count). The lowest BCUT2D eigenvalue weighted by atomic mass is 10.2. The van der Waals surface area contributed by atoms with Crippen molar-refractivity contribution in [3.05, 3.63) is 0 Å². The lowest BCUT2D eigenvalue weighted by Crippen LogP contribution is -2.38. The third-order valence-electron chi connectivity index (χ3n) is 1.80. The van der Waals surface area contributed by atoms with Crippen LogP contribution in [0.25, 0.3) is 0 Å². The Bertz CT molecular complexity index is 139. The molecule has 0 aromatic carbocycles. The second-order valence-corrected chi connectivity index (χ2v) is 3.04. The fourth-order valence-electron chi connectivity index (χ4n) is 1.12. The van der Waals surface area contributed by atoms with Crippen LogP contribution in [0.15, 0.2) is 0 Å². The highest BCUT2D eigenvalue weighted by atomic mass is 16.5. The van der Waals surface area contributed by atoms with E-state index in [2.05, 4.69) is 25.1 Å². The second-order valence-electron chi connectivity index (χ2n) is 3.04. The summed E-state index contributed by atoms with van der Waals surface area (Å²) < 4.78 is 5.06. The summed E-state index contributed by atoms with van der Waals surface area (Å²) >= 11 is 0. The smallest absolute Gasteiger partial charge is 0.0615 e. The molecule has 0 aliphatic heterocycles. The van der Waals surface area contributed by atoms with Crippen molar-refractivity contribution in [1.29, 1.82) is 0 Å². The molecule has 0 aromatic rings. The van der Waals surface area contributed by atoms with Crippen molar-refractivity contribution >= 4 is 0 Å². The largest absolute Gasteiger partial charge is 0.383 e. The van der Waals surface area contributed by atoms with E-state index in [9.17, 15) is 0 Å². The Kier molecular flexibility index (Phi) is 6.84. The molecule has 0 radical (unpaired) electrons. The van der Waals surface area contributed by atoms with Crippen LogP contribution in [0.4, 0.5) is 0 Å². The van der Waals surface area contributed by atoms with Crippen molar-refractivity contribution in [2.24, 2.45) is 0 Å². The number of hydrogen-bond acceptors (Lipinski definition) is 2. The van der Waals surface area contributed by atoms with Gasteiger partial charge in [-0.2, -0.15) is 0 Å². The lowest BCUT2D eigenvalue weighted by molar-refractivity contribution is 0.159. The SMILES string of the molecule is C#CCC(C)NC(CC)COC. The molecule has 0 fully saturated rings. The van der Waals surface area contributed by atoms with E-state index < -0.39 is 0 Å². The normalized spacial score (nSPS) is 15.2. The van der Waals surface area contributed by atoms with Gasteiger partial charge in [-0.05, 0) is 13.3 Å². The second kappa shape index (κ2) is 7.15. The Hall–Kier alpha value is -0.520. The molecule has 0 saturated carbocycles. The first kappa shape index (κ1) is 11.5. The van der Waals surface area contributed by atoms with Gasteiger partial charge in [0.1, 0.15) is 0 Å². The van der Waals surface area contributed by atoms with E-state index in [0.29, 0.717) is 12.1 Å². The first-order valence-electron chi connectivity index (χ1n) is 4.43. The minimum absolute atomic E-state index is 0.384. The highest BCUT2D eigenvalue weighted by Crippen LogP contribution is 1.96. The quantitative estimate of drug-likeness (QED) is 0.607. The fraction of sp³-hybridized carbons (Fsp3) is 0.800. The Morgan fingerprint density at radius 1 is 1.58 bits per heavy atom. The van der Waals surface area contributed by atoms with Crippen LogP contribution in [0.3, 0.4) is 0 Å². The summed E-state index contributed by atoms with van der Waals surface area (Å²) in [5.41, 5.74) is 0. The van der Waals surface area contributed by atoms with Gasteiger partial charge in [0.05, 0.1) is 6.61 Å². The Morgan fingerprint density at radius 3 is 2.67 bits per heavy atom. The third kappa shape index (κ3) is 5.17. The summed E-state index contributed by atoms with van der Waals surface area (Å²) in [6.07, 6.45) is 7.05. The van der Waals surface area contributed by atoms with Gasteiger partial charge in [0.15, 0.2) is 0 Å². The van der Waals surface area contributed by atoms with Crippen LogP contribution in [0.1, 0.15) is 26.7 Å². The molecule has 2 nitrogen and oxygen atoms in total. The number of terminal acetylenes is 1. The highest BCUT2D eigenvalue weighted by molar-refractivity contribution is 4.88. The summed E-state index contributed by atoms with van der Waals surface area (Å²) in [4.78, 5) is 0. The topological polar surface area (TPSA) is 21.3 Å². The molecule has 0 saturated heterocycles. The molecule has 0 bridgehead atoms. The molecular weight excluding hydrogens is 150 g/mol. The molecular formula is C10H19NO. The van der Waals surface area contributed by atoms with Gasteiger partial charge >= 0.3 is 0 Å². The molecule has 0 aliphatic rings. The van der Waals surface area contributed by atoms with Crippen molar-refractivity contribution in [3.63, 3.8) is 0 Å². The number of ether oxygens (including phenoxy) is 1. The highest BCUT2D eigenvalue weighted by Gasteiger charge is 2.08. The number of rotatable bonds is 6. The molecule has 2 heteroatoms. The van der Waals surface area contributed by atoms with Crippen molar-refractivity contribution in [2.45, 2.75) is 38.8 Å². The van der Waals surface area contributed by atoms with Gasteiger partial charge in [0.25, 0.3) is 0 Å². The third-order valence-corrected chi connectivity index (χ3v) is 1.80. The van der Waals surface area contributed by atoms with E-state index in [1.54, 1.807) is 7.11 Å². The Labute approximate surface area is 75.7 Å². The molecule has 2 atom stereocenters. The van der Waals surface area contributed by atoms with Gasteiger partial charge in [0.2, 0.25) is 0 Å². The minimum Gasteiger partial charge on any atom is -0.383 e. The maximum Gasteiger partial charge on any atom is 0.0615 e. The van der Waals surface area contributed by atoms with Gasteiger partial charge in [-0.1, -0.05) is 6.92 Å². The van der Waals surface area contributed by atoms with Crippen LogP contribution in [0.5, 0.6) is 0 Å². The van der Waals surface area contributed by atoms with Crippen molar-refractivity contribution in [1.82, 2.24) is 5.32 Å². The van der Waals surface area contributed by atoms with Crippen LogP contribution in [0.2, 0.25) is 0 Å². The van der Waals surface area contributed by atoms with Crippen molar-refractivity contribution in [2.75, 3.05) is 13.7 Å². The van der Waals surface area contributed by atoms with Crippen LogP contribution in [-0.4, -0.2) is 25.8 Å². The summed E-state index contributed by atoms with van der Waals surface area (Å²) in [7, 11) is 1.72. The molecule has 12 heavy (non-hydrogen) atoms. The minimum atomic E-state index is 0.384. The number of hydrogen-bond donors (Lipinski definition) is 1. The number of nitrogens with one attached hydrogen (secondary N) is 1. The zero-order valence-electron chi connectivity index (χ0n) is 8.26. The van der Waals surface area contributed by atoms with E-state index in [1.807, 2.05) is 0 Å². The van der Waals surface area contributed by atoms with E-state index in [-0.39, 0.29) is 0 Å². The molecule has 0 spiro atoms. The van der Waals surface area contributed by atoms with Crippen LogP contribution in [0, 0.1) is 12.3 Å². The van der Waals surface area contributed by atoms with E-state index in [4.69, 9.17) is 11.2 Å². The molecule has 1 N–H and O–H groups in total. The van der Waals surface area contributed by atoms with Gasteiger partial charge in [-0.15, -0.1) is 12.3 Å². The van der Waals surface area contributed by atoms with Crippen LogP contribution in [-0.2, 0) is 4.74 Å². The molecule has 0 aliphatic carbocycles. The average Bonchev–Trinajstić information content (AvgIpc) is 2.04. The van der Waals surface area contributed by atoms with Crippen LogP contribution < -0.4 is 5.32 Å². The van der Waals surface area contributed by atoms with Gasteiger partial charge in [-0.3, -0.25) is 0 Å². The zero-order chi connectivity index (χ0) is 9.40. The molecule has 0 amide bonds. The van der Waals surface area contributed by atoms with Crippen LogP contribution >= 0.6 is 0 Å². The van der Waals surface area contributed by atoms with Crippen molar-refractivity contribution < 1.29 is 4.74 Å². The molecule has 2 unspecified atom stereocenters. The fourth-order valence-corrected chi connectivity index (χ4v) is 1.12. The zero-order valence-corrected chi connectivity index (χ0v) is 8.26. The standard InChI is InChI=1S/C10H19NO/c1-5-7-9(3)11-10(6-2)8-12-4/h1,9-11H,6-8H2,2-4H3. The summed E-state index contributed by atoms with van der Waals surface area (Å²) in [5.74, 6) is 2.64. The summed E-state index contributed by atoms with van der Waals surface area (Å²) in [6.45, 7) is 4.99. The molecule has 0 heterocycles. The summed E-state index contributed by atoms with van der Waals surface area (Å²) in [5, 5.41) is 3.40. The monoisotopic (exact) mass is 169 g/mol. The van der Waals surface area contributed by atoms with E-state index >= 15 is 0 Å². The predicted molar refractivity (Wildman–Crippen MR) is 52.0 cm³/mol. The predicted octanol–water partition coefficient (Wildman–Crippen LogP) is 1.41. The first-order valence-corrected chi connectivity index (χ1v) is 4.43. The summed E-state index contributed by atoms with van der Waals surface area (Å²) in [6, 6.07) is 0.813. The Morgan fingerprint density at radius 2 is 2.25 bits per heavy atom. The number of methoxy groups -OCH3 is 1. The maximum absolute atomic E-state index is 5.20. The van der Waals surface area contributed by atoms with Gasteiger partial charge in [-0.25, -0.2) is 0 Å². The Balaban J connectivity index is 3.62. The lowest BCUT2D eigenvalue weighted by Gasteiger charge is -2.19. The first-order chi connectivity index (χ1) is 5.74. The average molecular weight is 169 g/mol. The molecule has 70 valence electrons. The van der Waals surface area contributed by atoms with E-state index in [0.717, 1.165) is 19.4 Å².